The normalized spacial score (nSPS) is 16.2. The van der Waals surface area contributed by atoms with Crippen molar-refractivity contribution in [3.8, 4) is 6.07 Å². The number of hydrogen-bond donors (Lipinski definition) is 0. The first-order valence-electron chi connectivity index (χ1n) is 9.37. The molecule has 1 fully saturated rings. The molecule has 5 nitrogen and oxygen atoms in total. The van der Waals surface area contributed by atoms with Gasteiger partial charge in [0.1, 0.15) is 16.9 Å². The fourth-order valence-electron chi connectivity index (χ4n) is 3.53. The average molecular weight is 468 g/mol. The zero-order valence-corrected chi connectivity index (χ0v) is 18.2. The van der Waals surface area contributed by atoms with Gasteiger partial charge in [-0.1, -0.05) is 13.8 Å². The second-order valence-corrected chi connectivity index (χ2v) is 8.33. The summed E-state index contributed by atoms with van der Waals surface area (Å²) in [6.07, 6.45) is -3.88. The molecular formula is C21H17F5N4OS. The third-order valence-corrected chi connectivity index (χ3v) is 5.46. The monoisotopic (exact) mass is 468 g/mol. The molecule has 0 radical (unpaired) electrons. The number of hydrogen-bond acceptors (Lipinski definition) is 4. The zero-order chi connectivity index (χ0) is 24.2. The number of aromatic nitrogens is 1. The fourth-order valence-corrected chi connectivity index (χ4v) is 4.05. The molecule has 168 valence electrons. The highest BCUT2D eigenvalue weighted by Crippen LogP contribution is 2.42. The number of rotatable bonds is 3. The summed E-state index contributed by atoms with van der Waals surface area (Å²) in [4.78, 5) is 19.0. The zero-order valence-electron chi connectivity index (χ0n) is 17.4. The van der Waals surface area contributed by atoms with Crippen molar-refractivity contribution in [2.75, 3.05) is 9.80 Å². The SMILES string of the molecule is CC(C)c1ncc(N2C(=S)N(c3ccc(C#N)c(C(F)(F)F)c3F)C(=O)C2(C)C)cc1F. The number of carbonyl (C=O) groups excluding carboxylic acids is 1. The van der Waals surface area contributed by atoms with Crippen LogP contribution >= 0.6 is 12.2 Å². The molecule has 1 aromatic heterocycles. The van der Waals surface area contributed by atoms with Gasteiger partial charge in [0.25, 0.3) is 5.91 Å². The minimum atomic E-state index is -5.18. The summed E-state index contributed by atoms with van der Waals surface area (Å²) in [5, 5.41) is 8.60. The first kappa shape index (κ1) is 23.5. The standard InChI is InChI=1S/C21H17F5N4OS/c1-10(2)17-13(22)7-12(9-28-17)30-19(32)29(18(31)20(30,3)4)14-6-5-11(8-27)15(16(14)23)21(24,25)26/h5-7,9-10H,1-4H3. The highest BCUT2D eigenvalue weighted by Gasteiger charge is 2.52. The Bertz CT molecular complexity index is 1170. The van der Waals surface area contributed by atoms with Gasteiger partial charge in [-0.2, -0.15) is 18.4 Å². The van der Waals surface area contributed by atoms with Crippen LogP contribution < -0.4 is 9.80 Å². The van der Waals surface area contributed by atoms with Crippen LogP contribution in [-0.2, 0) is 11.0 Å². The van der Waals surface area contributed by atoms with E-state index >= 15 is 0 Å². The number of nitrogens with zero attached hydrogens (tertiary/aromatic N) is 4. The van der Waals surface area contributed by atoms with Crippen LogP contribution in [0.4, 0.5) is 33.3 Å². The molecule has 0 N–H and O–H groups in total. The van der Waals surface area contributed by atoms with Gasteiger partial charge >= 0.3 is 6.18 Å². The Morgan fingerprint density at radius 3 is 2.34 bits per heavy atom. The summed E-state index contributed by atoms with van der Waals surface area (Å²) in [6.45, 7) is 6.32. The van der Waals surface area contributed by atoms with Crippen molar-refractivity contribution in [1.29, 1.82) is 5.26 Å². The molecule has 0 bridgehead atoms. The molecule has 0 unspecified atom stereocenters. The van der Waals surface area contributed by atoms with E-state index in [0.29, 0.717) is 4.90 Å². The van der Waals surface area contributed by atoms with E-state index in [0.717, 1.165) is 18.2 Å². The predicted molar refractivity (Wildman–Crippen MR) is 111 cm³/mol. The molecule has 1 aliphatic rings. The molecule has 0 atom stereocenters. The van der Waals surface area contributed by atoms with Gasteiger partial charge in [0.15, 0.2) is 10.9 Å². The average Bonchev–Trinajstić information content (AvgIpc) is 2.84. The van der Waals surface area contributed by atoms with Crippen LogP contribution in [0.1, 0.15) is 50.4 Å². The van der Waals surface area contributed by atoms with E-state index in [-0.39, 0.29) is 22.4 Å². The van der Waals surface area contributed by atoms with E-state index in [9.17, 15) is 26.7 Å². The van der Waals surface area contributed by atoms with Gasteiger partial charge in [-0.25, -0.2) is 8.78 Å². The highest BCUT2D eigenvalue weighted by atomic mass is 32.1. The largest absolute Gasteiger partial charge is 0.420 e. The lowest BCUT2D eigenvalue weighted by molar-refractivity contribution is -0.140. The van der Waals surface area contributed by atoms with Gasteiger partial charge in [-0.05, 0) is 44.1 Å². The number of nitriles is 1. The van der Waals surface area contributed by atoms with E-state index < -0.39 is 46.1 Å². The summed E-state index contributed by atoms with van der Waals surface area (Å²) in [7, 11) is 0. The van der Waals surface area contributed by atoms with E-state index in [2.05, 4.69) is 4.98 Å². The van der Waals surface area contributed by atoms with Gasteiger partial charge in [0.2, 0.25) is 0 Å². The highest BCUT2D eigenvalue weighted by molar-refractivity contribution is 7.81. The number of amides is 1. The van der Waals surface area contributed by atoms with Crippen molar-refractivity contribution in [2.45, 2.75) is 45.3 Å². The number of thiocarbonyl (C=S) groups is 1. The first-order valence-corrected chi connectivity index (χ1v) is 9.78. The fraction of sp³-hybridized carbons (Fsp3) is 0.333. The Hall–Kier alpha value is -3.13. The van der Waals surface area contributed by atoms with Crippen LogP contribution in [0.5, 0.6) is 0 Å². The van der Waals surface area contributed by atoms with Crippen molar-refractivity contribution in [2.24, 2.45) is 0 Å². The Morgan fingerprint density at radius 2 is 1.84 bits per heavy atom. The quantitative estimate of drug-likeness (QED) is 0.453. The Kier molecular flexibility index (Phi) is 5.72. The number of anilines is 2. The van der Waals surface area contributed by atoms with E-state index in [4.69, 9.17) is 17.5 Å². The van der Waals surface area contributed by atoms with Crippen molar-refractivity contribution in [3.63, 3.8) is 0 Å². The molecule has 0 spiro atoms. The van der Waals surface area contributed by atoms with Gasteiger partial charge in [0, 0.05) is 6.07 Å². The second-order valence-electron chi connectivity index (χ2n) is 7.96. The summed E-state index contributed by atoms with van der Waals surface area (Å²) >= 11 is 5.31. The Balaban J connectivity index is 2.16. The summed E-state index contributed by atoms with van der Waals surface area (Å²) in [5.41, 5.74) is -4.69. The van der Waals surface area contributed by atoms with Crippen LogP contribution in [0.25, 0.3) is 0 Å². The van der Waals surface area contributed by atoms with Crippen molar-refractivity contribution in [3.05, 3.63) is 52.9 Å². The molecule has 1 aromatic carbocycles. The van der Waals surface area contributed by atoms with Crippen LogP contribution in [0.15, 0.2) is 24.4 Å². The maximum Gasteiger partial charge on any atom is 0.420 e. The maximum absolute atomic E-state index is 15.0. The molecule has 11 heteroatoms. The third kappa shape index (κ3) is 3.58. The summed E-state index contributed by atoms with van der Waals surface area (Å²) < 4.78 is 69.8. The Labute approximate surface area is 186 Å². The van der Waals surface area contributed by atoms with Gasteiger partial charge in [0.05, 0.1) is 34.9 Å². The van der Waals surface area contributed by atoms with Crippen LogP contribution in [0.2, 0.25) is 0 Å². The Morgan fingerprint density at radius 1 is 1.22 bits per heavy atom. The van der Waals surface area contributed by atoms with Crippen LogP contribution in [-0.4, -0.2) is 21.5 Å². The molecule has 0 saturated carbocycles. The molecule has 1 saturated heterocycles. The van der Waals surface area contributed by atoms with Crippen LogP contribution in [0.3, 0.4) is 0 Å². The van der Waals surface area contributed by atoms with Gasteiger partial charge < -0.3 is 4.90 Å². The number of benzene rings is 1. The number of carbonyl (C=O) groups is 1. The minimum Gasteiger partial charge on any atom is -0.302 e. The molecule has 2 heterocycles. The molecule has 1 amide bonds. The van der Waals surface area contributed by atoms with Gasteiger partial charge in [-0.3, -0.25) is 14.7 Å². The van der Waals surface area contributed by atoms with E-state index in [1.807, 2.05) is 0 Å². The van der Waals surface area contributed by atoms with E-state index in [1.54, 1.807) is 13.8 Å². The first-order chi connectivity index (χ1) is 14.7. The van der Waals surface area contributed by atoms with E-state index in [1.165, 1.54) is 31.0 Å². The summed E-state index contributed by atoms with van der Waals surface area (Å²) in [6, 6.07) is 4.06. The molecule has 2 aromatic rings. The lowest BCUT2D eigenvalue weighted by atomic mass is 10.0. The third-order valence-electron chi connectivity index (χ3n) is 5.09. The molecule has 1 aliphatic heterocycles. The van der Waals surface area contributed by atoms with Crippen molar-refractivity contribution >= 4 is 34.6 Å². The topological polar surface area (TPSA) is 60.2 Å². The smallest absolute Gasteiger partial charge is 0.302 e. The van der Waals surface area contributed by atoms with Gasteiger partial charge in [-0.15, -0.1) is 0 Å². The number of pyridine rings is 1. The van der Waals surface area contributed by atoms with Crippen molar-refractivity contribution < 1.29 is 26.7 Å². The number of alkyl halides is 3. The summed E-state index contributed by atoms with van der Waals surface area (Å²) in [5.74, 6) is -3.49. The second kappa shape index (κ2) is 7.78. The van der Waals surface area contributed by atoms with Crippen LogP contribution in [0, 0.1) is 23.0 Å². The lowest BCUT2D eigenvalue weighted by Crippen LogP contribution is -2.44. The van der Waals surface area contributed by atoms with Crippen molar-refractivity contribution in [1.82, 2.24) is 4.98 Å². The minimum absolute atomic E-state index is 0.0860. The molecule has 3 rings (SSSR count). The maximum atomic E-state index is 15.0. The molecule has 0 aliphatic carbocycles. The predicted octanol–water partition coefficient (Wildman–Crippen LogP) is 5.29. The lowest BCUT2D eigenvalue weighted by Gasteiger charge is -2.29. The molecular weight excluding hydrogens is 451 g/mol. The molecule has 32 heavy (non-hydrogen) atoms. The number of halogens is 5.